The summed E-state index contributed by atoms with van der Waals surface area (Å²) in [6, 6.07) is 19.0. The van der Waals surface area contributed by atoms with Crippen molar-refractivity contribution in [2.24, 2.45) is 0 Å². The maximum absolute atomic E-state index is 12.5. The fraction of sp³-hybridized carbons (Fsp3) is 0.190. The molecule has 1 aromatic heterocycles. The molecule has 6 heteroatoms. The number of amides is 1. The summed E-state index contributed by atoms with van der Waals surface area (Å²) in [5.41, 5.74) is 2.16. The standard InChI is InChI=1S/C21H22N4O2/c1-3-27-18-11-9-17(10-12-18)24-21(26)19-13-20(23-15-22-19)25(2)14-16-7-5-4-6-8-16/h4-13,15H,3,14H2,1-2H3,(H,24,26). The summed E-state index contributed by atoms with van der Waals surface area (Å²) in [6.45, 7) is 3.22. The third-order valence-corrected chi connectivity index (χ3v) is 3.96. The Bertz CT molecular complexity index is 882. The van der Waals surface area contributed by atoms with E-state index in [4.69, 9.17) is 4.74 Å². The summed E-state index contributed by atoms with van der Waals surface area (Å²) in [7, 11) is 1.93. The highest BCUT2D eigenvalue weighted by Crippen LogP contribution is 2.17. The van der Waals surface area contributed by atoms with Gasteiger partial charge in [-0.15, -0.1) is 0 Å². The predicted octanol–water partition coefficient (Wildman–Crippen LogP) is 3.76. The van der Waals surface area contributed by atoms with E-state index >= 15 is 0 Å². The van der Waals surface area contributed by atoms with Crippen molar-refractivity contribution in [1.29, 1.82) is 0 Å². The van der Waals surface area contributed by atoms with Gasteiger partial charge in [-0.1, -0.05) is 30.3 Å². The molecule has 1 amide bonds. The molecule has 0 saturated carbocycles. The van der Waals surface area contributed by atoms with Crippen LogP contribution < -0.4 is 15.0 Å². The number of carbonyl (C=O) groups is 1. The first-order valence-electron chi connectivity index (χ1n) is 8.77. The molecule has 1 N–H and O–H groups in total. The van der Waals surface area contributed by atoms with Crippen molar-refractivity contribution in [3.8, 4) is 5.75 Å². The highest BCUT2D eigenvalue weighted by atomic mass is 16.5. The number of aromatic nitrogens is 2. The molecular formula is C21H22N4O2. The van der Waals surface area contributed by atoms with Crippen molar-refractivity contribution in [2.45, 2.75) is 13.5 Å². The zero-order valence-electron chi connectivity index (χ0n) is 15.4. The molecule has 3 rings (SSSR count). The fourth-order valence-electron chi connectivity index (χ4n) is 2.61. The molecule has 0 aliphatic rings. The van der Waals surface area contributed by atoms with Crippen LogP contribution in [0.15, 0.2) is 67.0 Å². The summed E-state index contributed by atoms with van der Waals surface area (Å²) in [5.74, 6) is 1.17. The van der Waals surface area contributed by atoms with Gasteiger partial charge in [-0.3, -0.25) is 4.79 Å². The molecule has 0 radical (unpaired) electrons. The van der Waals surface area contributed by atoms with Gasteiger partial charge in [-0.25, -0.2) is 9.97 Å². The van der Waals surface area contributed by atoms with E-state index in [1.807, 2.05) is 49.2 Å². The normalized spacial score (nSPS) is 10.3. The lowest BCUT2D eigenvalue weighted by Gasteiger charge is -2.18. The molecule has 2 aromatic carbocycles. The van der Waals surface area contributed by atoms with Crippen molar-refractivity contribution in [3.63, 3.8) is 0 Å². The van der Waals surface area contributed by atoms with Crippen molar-refractivity contribution >= 4 is 17.4 Å². The fourth-order valence-corrected chi connectivity index (χ4v) is 2.61. The van der Waals surface area contributed by atoms with Gasteiger partial charge in [0.2, 0.25) is 0 Å². The van der Waals surface area contributed by atoms with Crippen molar-refractivity contribution < 1.29 is 9.53 Å². The molecule has 138 valence electrons. The summed E-state index contributed by atoms with van der Waals surface area (Å²) in [6.07, 6.45) is 1.41. The molecule has 0 saturated heterocycles. The average molecular weight is 362 g/mol. The number of hydrogen-bond acceptors (Lipinski definition) is 5. The maximum atomic E-state index is 12.5. The highest BCUT2D eigenvalue weighted by Gasteiger charge is 2.12. The van der Waals surface area contributed by atoms with Crippen molar-refractivity contribution in [3.05, 3.63) is 78.2 Å². The van der Waals surface area contributed by atoms with Crippen LogP contribution >= 0.6 is 0 Å². The lowest BCUT2D eigenvalue weighted by Crippen LogP contribution is -2.20. The molecule has 6 nitrogen and oxygen atoms in total. The van der Waals surface area contributed by atoms with E-state index in [-0.39, 0.29) is 5.91 Å². The highest BCUT2D eigenvalue weighted by molar-refractivity contribution is 6.03. The molecule has 0 bridgehead atoms. The van der Waals surface area contributed by atoms with Crippen LogP contribution in [0.3, 0.4) is 0 Å². The third-order valence-electron chi connectivity index (χ3n) is 3.96. The second-order valence-corrected chi connectivity index (χ2v) is 6.01. The van der Waals surface area contributed by atoms with Crippen LogP contribution in [0.1, 0.15) is 23.0 Å². The van der Waals surface area contributed by atoms with Gasteiger partial charge in [0.1, 0.15) is 23.6 Å². The molecule has 0 aliphatic heterocycles. The van der Waals surface area contributed by atoms with Gasteiger partial charge in [0.25, 0.3) is 5.91 Å². The van der Waals surface area contributed by atoms with Crippen LogP contribution in [0, 0.1) is 0 Å². The zero-order chi connectivity index (χ0) is 19.1. The second-order valence-electron chi connectivity index (χ2n) is 6.01. The van der Waals surface area contributed by atoms with Crippen molar-refractivity contribution in [2.75, 3.05) is 23.9 Å². The van der Waals surface area contributed by atoms with Gasteiger partial charge in [0, 0.05) is 25.3 Å². The van der Waals surface area contributed by atoms with Crippen LogP contribution in [-0.4, -0.2) is 29.5 Å². The molecule has 0 atom stereocenters. The number of ether oxygens (including phenoxy) is 1. The van der Waals surface area contributed by atoms with Crippen LogP contribution in [0.5, 0.6) is 5.75 Å². The van der Waals surface area contributed by atoms with E-state index < -0.39 is 0 Å². The SMILES string of the molecule is CCOc1ccc(NC(=O)c2cc(N(C)Cc3ccccc3)ncn2)cc1. The van der Waals surface area contributed by atoms with Gasteiger partial charge in [0.05, 0.1) is 6.61 Å². The van der Waals surface area contributed by atoms with Gasteiger partial charge in [0.15, 0.2) is 0 Å². The molecular weight excluding hydrogens is 340 g/mol. The molecule has 0 unspecified atom stereocenters. The minimum Gasteiger partial charge on any atom is -0.494 e. The Kier molecular flexibility index (Phi) is 5.99. The molecule has 0 fully saturated rings. The molecule has 0 spiro atoms. The summed E-state index contributed by atoms with van der Waals surface area (Å²) in [5, 5.41) is 2.84. The lowest BCUT2D eigenvalue weighted by atomic mass is 10.2. The second kappa shape index (κ2) is 8.80. The molecule has 27 heavy (non-hydrogen) atoms. The number of carbonyl (C=O) groups excluding carboxylic acids is 1. The molecule has 1 heterocycles. The Morgan fingerprint density at radius 3 is 2.52 bits per heavy atom. The first kappa shape index (κ1) is 18.4. The number of nitrogens with one attached hydrogen (secondary N) is 1. The Morgan fingerprint density at radius 1 is 1.07 bits per heavy atom. The molecule has 0 aliphatic carbocycles. The third kappa shape index (κ3) is 5.04. The Balaban J connectivity index is 1.67. The van der Waals surface area contributed by atoms with E-state index in [2.05, 4.69) is 27.4 Å². The van der Waals surface area contributed by atoms with Crippen LogP contribution in [0.2, 0.25) is 0 Å². The van der Waals surface area contributed by atoms with E-state index in [0.717, 1.165) is 5.75 Å². The molecule has 3 aromatic rings. The smallest absolute Gasteiger partial charge is 0.274 e. The maximum Gasteiger partial charge on any atom is 0.274 e. The van der Waals surface area contributed by atoms with Gasteiger partial charge in [-0.2, -0.15) is 0 Å². The number of benzene rings is 2. The predicted molar refractivity (Wildman–Crippen MR) is 106 cm³/mol. The number of anilines is 2. The van der Waals surface area contributed by atoms with Crippen LogP contribution in [0.4, 0.5) is 11.5 Å². The minimum absolute atomic E-state index is 0.282. The van der Waals surface area contributed by atoms with Gasteiger partial charge >= 0.3 is 0 Å². The van der Waals surface area contributed by atoms with E-state index in [0.29, 0.717) is 30.4 Å². The number of nitrogens with zero attached hydrogens (tertiary/aromatic N) is 3. The van der Waals surface area contributed by atoms with Crippen molar-refractivity contribution in [1.82, 2.24) is 9.97 Å². The topological polar surface area (TPSA) is 67.3 Å². The average Bonchev–Trinajstić information content (AvgIpc) is 2.70. The summed E-state index contributed by atoms with van der Waals surface area (Å²) >= 11 is 0. The summed E-state index contributed by atoms with van der Waals surface area (Å²) in [4.78, 5) is 22.9. The monoisotopic (exact) mass is 362 g/mol. The van der Waals surface area contributed by atoms with E-state index in [9.17, 15) is 4.79 Å². The quantitative estimate of drug-likeness (QED) is 0.693. The van der Waals surface area contributed by atoms with Crippen LogP contribution in [0.25, 0.3) is 0 Å². The first-order valence-corrected chi connectivity index (χ1v) is 8.77. The summed E-state index contributed by atoms with van der Waals surface area (Å²) < 4.78 is 5.40. The van der Waals surface area contributed by atoms with Gasteiger partial charge < -0.3 is 15.0 Å². The number of hydrogen-bond donors (Lipinski definition) is 1. The minimum atomic E-state index is -0.282. The largest absolute Gasteiger partial charge is 0.494 e. The van der Waals surface area contributed by atoms with E-state index in [1.54, 1.807) is 18.2 Å². The van der Waals surface area contributed by atoms with Crippen LogP contribution in [-0.2, 0) is 6.54 Å². The Hall–Kier alpha value is -3.41. The number of rotatable bonds is 7. The first-order chi connectivity index (χ1) is 13.2. The van der Waals surface area contributed by atoms with E-state index in [1.165, 1.54) is 11.9 Å². The Labute approximate surface area is 158 Å². The lowest BCUT2D eigenvalue weighted by molar-refractivity contribution is 0.102. The van der Waals surface area contributed by atoms with Gasteiger partial charge in [-0.05, 0) is 36.8 Å². The Morgan fingerprint density at radius 2 is 1.81 bits per heavy atom. The zero-order valence-corrected chi connectivity index (χ0v) is 15.4.